The van der Waals surface area contributed by atoms with E-state index >= 15 is 0 Å². The first-order valence-electron chi connectivity index (χ1n) is 6.28. The second-order valence-corrected chi connectivity index (χ2v) is 5.43. The van der Waals surface area contributed by atoms with Gasteiger partial charge in [0, 0.05) is 6.54 Å². The summed E-state index contributed by atoms with van der Waals surface area (Å²) >= 11 is 1.24. The van der Waals surface area contributed by atoms with Gasteiger partial charge in [-0.2, -0.15) is 0 Å². The van der Waals surface area contributed by atoms with Crippen LogP contribution in [0.2, 0.25) is 0 Å². The first-order chi connectivity index (χ1) is 7.83. The number of aliphatic hydroxyl groups is 1. The third kappa shape index (κ3) is 6.38. The fraction of sp³-hybridized carbons (Fsp3) is 0.917. The minimum absolute atomic E-state index is 0.0229. The van der Waals surface area contributed by atoms with Crippen LogP contribution in [-0.2, 0) is 4.79 Å². The minimum Gasteiger partial charge on any atom is -0.386 e. The van der Waals surface area contributed by atoms with Crippen molar-refractivity contribution in [2.45, 2.75) is 44.9 Å². The van der Waals surface area contributed by atoms with Gasteiger partial charge >= 0.3 is 0 Å². The summed E-state index contributed by atoms with van der Waals surface area (Å²) < 4.78 is 0. The lowest BCUT2D eigenvalue weighted by Crippen LogP contribution is -2.26. The standard InChI is InChI=1S/C12H23NO2S/c14-10-16-9-12(15)13-8-4-3-7-11-5-1-2-6-11/h11,14H,1-10H2,(H,13,15). The molecule has 0 heterocycles. The lowest BCUT2D eigenvalue weighted by Gasteiger charge is -2.08. The van der Waals surface area contributed by atoms with Crippen molar-refractivity contribution in [2.75, 3.05) is 18.2 Å². The van der Waals surface area contributed by atoms with Crippen LogP contribution >= 0.6 is 11.8 Å². The Kier molecular flexibility index (Phi) is 7.68. The molecule has 0 unspecified atom stereocenters. The zero-order valence-corrected chi connectivity index (χ0v) is 10.7. The normalized spacial score (nSPS) is 16.6. The molecule has 0 aromatic carbocycles. The minimum atomic E-state index is 0.0229. The lowest BCUT2D eigenvalue weighted by molar-refractivity contribution is -0.118. The van der Waals surface area contributed by atoms with Crippen molar-refractivity contribution in [2.24, 2.45) is 5.92 Å². The van der Waals surface area contributed by atoms with E-state index in [0.29, 0.717) is 5.75 Å². The van der Waals surface area contributed by atoms with Crippen molar-refractivity contribution in [1.82, 2.24) is 5.32 Å². The highest BCUT2D eigenvalue weighted by atomic mass is 32.2. The van der Waals surface area contributed by atoms with Gasteiger partial charge in [0.1, 0.15) is 0 Å². The number of thioether (sulfide) groups is 1. The van der Waals surface area contributed by atoms with Crippen molar-refractivity contribution < 1.29 is 9.90 Å². The van der Waals surface area contributed by atoms with E-state index in [0.717, 1.165) is 18.9 Å². The highest BCUT2D eigenvalue weighted by molar-refractivity contribution is 7.99. The molecule has 1 amide bonds. The van der Waals surface area contributed by atoms with Crippen molar-refractivity contribution in [3.63, 3.8) is 0 Å². The maximum absolute atomic E-state index is 11.2. The predicted octanol–water partition coefficient (Wildman–Crippen LogP) is 2.15. The Morgan fingerprint density at radius 2 is 2.06 bits per heavy atom. The third-order valence-electron chi connectivity index (χ3n) is 3.16. The molecule has 0 saturated heterocycles. The molecule has 0 bridgehead atoms. The first-order valence-corrected chi connectivity index (χ1v) is 7.43. The number of carbonyl (C=O) groups excluding carboxylic acids is 1. The van der Waals surface area contributed by atoms with E-state index in [9.17, 15) is 4.79 Å². The molecule has 3 nitrogen and oxygen atoms in total. The van der Waals surface area contributed by atoms with Crippen LogP contribution in [0.1, 0.15) is 44.9 Å². The van der Waals surface area contributed by atoms with Crippen LogP contribution in [0.4, 0.5) is 0 Å². The molecule has 1 fully saturated rings. The summed E-state index contributed by atoms with van der Waals surface area (Å²) in [5, 5.41) is 11.4. The molecule has 94 valence electrons. The molecule has 0 atom stereocenters. The fourth-order valence-corrected chi connectivity index (χ4v) is 2.65. The Morgan fingerprint density at radius 1 is 1.31 bits per heavy atom. The Hall–Kier alpha value is -0.220. The van der Waals surface area contributed by atoms with Crippen LogP contribution in [0.25, 0.3) is 0 Å². The number of amides is 1. The summed E-state index contributed by atoms with van der Waals surface area (Å²) in [5.74, 6) is 1.40. The van der Waals surface area contributed by atoms with Gasteiger partial charge in [0.15, 0.2) is 0 Å². The average Bonchev–Trinajstić information content (AvgIpc) is 2.79. The van der Waals surface area contributed by atoms with Gasteiger partial charge in [-0.25, -0.2) is 0 Å². The van der Waals surface area contributed by atoms with E-state index in [4.69, 9.17) is 5.11 Å². The topological polar surface area (TPSA) is 49.3 Å². The molecule has 1 saturated carbocycles. The largest absolute Gasteiger partial charge is 0.386 e. The predicted molar refractivity (Wildman–Crippen MR) is 68.4 cm³/mol. The van der Waals surface area contributed by atoms with Crippen LogP contribution in [0, 0.1) is 5.92 Å². The second kappa shape index (κ2) is 8.88. The van der Waals surface area contributed by atoms with Gasteiger partial charge < -0.3 is 10.4 Å². The number of carbonyl (C=O) groups is 1. The molecule has 4 heteroatoms. The summed E-state index contributed by atoms with van der Waals surface area (Å²) in [6.07, 6.45) is 9.32. The molecule has 1 aliphatic rings. The summed E-state index contributed by atoms with van der Waals surface area (Å²) in [6, 6.07) is 0. The SMILES string of the molecule is O=C(CSCO)NCCCCC1CCCC1. The Morgan fingerprint density at radius 3 is 2.75 bits per heavy atom. The fourth-order valence-electron chi connectivity index (χ4n) is 2.27. The molecule has 0 aromatic heterocycles. The molecule has 0 spiro atoms. The lowest BCUT2D eigenvalue weighted by atomic mass is 10.0. The molecule has 2 N–H and O–H groups in total. The summed E-state index contributed by atoms with van der Waals surface area (Å²) in [7, 11) is 0. The van der Waals surface area contributed by atoms with E-state index < -0.39 is 0 Å². The highest BCUT2D eigenvalue weighted by Crippen LogP contribution is 2.28. The summed E-state index contributed by atoms with van der Waals surface area (Å²) in [6.45, 7) is 0.789. The van der Waals surface area contributed by atoms with Gasteiger partial charge in [-0.3, -0.25) is 4.79 Å². The zero-order valence-electron chi connectivity index (χ0n) is 9.91. The Balaban J connectivity index is 1.85. The van der Waals surface area contributed by atoms with Gasteiger partial charge in [0.2, 0.25) is 5.91 Å². The molecule has 1 aliphatic carbocycles. The highest BCUT2D eigenvalue weighted by Gasteiger charge is 2.13. The maximum Gasteiger partial charge on any atom is 0.230 e. The van der Waals surface area contributed by atoms with Crippen LogP contribution < -0.4 is 5.32 Å². The van der Waals surface area contributed by atoms with E-state index in [2.05, 4.69) is 5.32 Å². The van der Waals surface area contributed by atoms with E-state index in [1.807, 2.05) is 0 Å². The Labute approximate surface area is 102 Å². The number of hydrogen-bond donors (Lipinski definition) is 2. The van der Waals surface area contributed by atoms with E-state index in [-0.39, 0.29) is 11.8 Å². The molecule has 0 aromatic rings. The van der Waals surface area contributed by atoms with Gasteiger partial charge in [-0.15, -0.1) is 11.8 Å². The number of aliphatic hydroxyl groups excluding tert-OH is 1. The van der Waals surface area contributed by atoms with Crippen molar-refractivity contribution >= 4 is 17.7 Å². The van der Waals surface area contributed by atoms with Crippen molar-refractivity contribution in [3.05, 3.63) is 0 Å². The van der Waals surface area contributed by atoms with Crippen molar-refractivity contribution in [1.29, 1.82) is 0 Å². The van der Waals surface area contributed by atoms with Crippen LogP contribution in [0.15, 0.2) is 0 Å². The van der Waals surface area contributed by atoms with Crippen LogP contribution in [0.5, 0.6) is 0 Å². The summed E-state index contributed by atoms with van der Waals surface area (Å²) in [5.41, 5.74) is 0. The first kappa shape index (κ1) is 13.8. The van der Waals surface area contributed by atoms with Gasteiger partial charge in [-0.1, -0.05) is 38.5 Å². The monoisotopic (exact) mass is 245 g/mol. The molecular weight excluding hydrogens is 222 g/mol. The quantitative estimate of drug-likeness (QED) is 0.509. The second-order valence-electron chi connectivity index (χ2n) is 4.47. The number of hydrogen-bond acceptors (Lipinski definition) is 3. The average molecular weight is 245 g/mol. The molecule has 0 radical (unpaired) electrons. The van der Waals surface area contributed by atoms with Gasteiger partial charge in [0.05, 0.1) is 11.7 Å². The number of rotatable bonds is 8. The smallest absolute Gasteiger partial charge is 0.230 e. The van der Waals surface area contributed by atoms with Crippen molar-refractivity contribution in [3.8, 4) is 0 Å². The van der Waals surface area contributed by atoms with Crippen LogP contribution in [0.3, 0.4) is 0 Å². The molecule has 16 heavy (non-hydrogen) atoms. The van der Waals surface area contributed by atoms with Crippen LogP contribution in [-0.4, -0.2) is 29.3 Å². The number of nitrogens with one attached hydrogen (secondary N) is 1. The van der Waals surface area contributed by atoms with E-state index in [1.54, 1.807) is 0 Å². The Bertz CT molecular complexity index is 193. The maximum atomic E-state index is 11.2. The molecular formula is C12H23NO2S. The summed E-state index contributed by atoms with van der Waals surface area (Å²) in [4.78, 5) is 11.2. The molecule has 0 aliphatic heterocycles. The third-order valence-corrected chi connectivity index (χ3v) is 3.81. The van der Waals surface area contributed by atoms with E-state index in [1.165, 1.54) is 50.3 Å². The zero-order chi connectivity index (χ0) is 11.6. The van der Waals surface area contributed by atoms with Gasteiger partial charge in [-0.05, 0) is 12.3 Å². The molecule has 1 rings (SSSR count). The number of unbranched alkanes of at least 4 members (excludes halogenated alkanes) is 1. The van der Waals surface area contributed by atoms with Gasteiger partial charge in [0.25, 0.3) is 0 Å².